The predicted molar refractivity (Wildman–Crippen MR) is 57.3 cm³/mol. The largest absolute Gasteiger partial charge is 0.508 e. The Morgan fingerprint density at radius 2 is 2.07 bits per heavy atom. The summed E-state index contributed by atoms with van der Waals surface area (Å²) in [5, 5.41) is 10.3. The van der Waals surface area contributed by atoms with Crippen molar-refractivity contribution in [2.45, 2.75) is 13.8 Å². The van der Waals surface area contributed by atoms with Gasteiger partial charge in [-0.15, -0.1) is 0 Å². The molecule has 0 aliphatic rings. The van der Waals surface area contributed by atoms with E-state index in [0.29, 0.717) is 10.9 Å². The molecule has 0 atom stereocenters. The monoisotopic (exact) mass is 209 g/mol. The third-order valence-electron chi connectivity index (χ3n) is 2.38. The van der Waals surface area contributed by atoms with Gasteiger partial charge in [-0.1, -0.05) is 11.3 Å². The molecule has 0 aliphatic heterocycles. The second-order valence-corrected chi connectivity index (χ2v) is 4.17. The number of benzene rings is 1. The Labute approximate surface area is 86.0 Å². The van der Waals surface area contributed by atoms with Crippen LogP contribution < -0.4 is 4.74 Å². The molecule has 0 saturated heterocycles. The number of rotatable bonds is 1. The number of phenols is 1. The molecule has 0 fully saturated rings. The van der Waals surface area contributed by atoms with Crippen LogP contribution in [-0.2, 0) is 0 Å². The van der Waals surface area contributed by atoms with E-state index in [0.717, 1.165) is 21.3 Å². The second-order valence-electron chi connectivity index (χ2n) is 3.18. The van der Waals surface area contributed by atoms with E-state index in [-0.39, 0.29) is 0 Å². The van der Waals surface area contributed by atoms with Gasteiger partial charge in [0.15, 0.2) is 0 Å². The van der Waals surface area contributed by atoms with E-state index < -0.39 is 0 Å². The van der Waals surface area contributed by atoms with E-state index in [9.17, 15) is 5.11 Å². The number of aryl methyl sites for hydroxylation is 1. The van der Waals surface area contributed by atoms with Crippen LogP contribution in [0.1, 0.15) is 11.1 Å². The van der Waals surface area contributed by atoms with Crippen LogP contribution >= 0.6 is 11.3 Å². The van der Waals surface area contributed by atoms with E-state index in [1.807, 2.05) is 13.8 Å². The molecule has 0 aliphatic carbocycles. The van der Waals surface area contributed by atoms with Crippen molar-refractivity contribution in [3.8, 4) is 10.9 Å². The number of aromatic nitrogens is 1. The molecule has 74 valence electrons. The highest BCUT2D eigenvalue weighted by atomic mass is 32.1. The number of hydrogen-bond acceptors (Lipinski definition) is 4. The lowest BCUT2D eigenvalue weighted by Crippen LogP contribution is -1.84. The molecule has 0 unspecified atom stereocenters. The van der Waals surface area contributed by atoms with Crippen LogP contribution in [0.3, 0.4) is 0 Å². The average molecular weight is 209 g/mol. The Balaban J connectivity index is 2.81. The predicted octanol–water partition coefficient (Wildman–Crippen LogP) is 2.63. The third-order valence-corrected chi connectivity index (χ3v) is 3.34. The number of methoxy groups -OCH3 is 1. The molecule has 1 N–H and O–H groups in total. The number of phenolic OH excluding ortho intramolecular Hbond substituents is 1. The van der Waals surface area contributed by atoms with Gasteiger partial charge in [0.25, 0.3) is 5.19 Å². The van der Waals surface area contributed by atoms with Crippen molar-refractivity contribution in [1.29, 1.82) is 0 Å². The third kappa shape index (κ3) is 1.23. The molecule has 3 nitrogen and oxygen atoms in total. The van der Waals surface area contributed by atoms with Gasteiger partial charge in [0.1, 0.15) is 5.75 Å². The Hall–Kier alpha value is -1.29. The molecular formula is C10H11NO2S. The van der Waals surface area contributed by atoms with Gasteiger partial charge in [-0.2, -0.15) is 0 Å². The van der Waals surface area contributed by atoms with Crippen LogP contribution in [0.4, 0.5) is 0 Å². The zero-order valence-corrected chi connectivity index (χ0v) is 9.10. The van der Waals surface area contributed by atoms with E-state index in [4.69, 9.17) is 4.74 Å². The van der Waals surface area contributed by atoms with Crippen LogP contribution in [0.5, 0.6) is 10.9 Å². The highest BCUT2D eigenvalue weighted by Gasteiger charge is 2.11. The van der Waals surface area contributed by atoms with Gasteiger partial charge in [0.05, 0.1) is 17.3 Å². The maximum absolute atomic E-state index is 9.62. The summed E-state index contributed by atoms with van der Waals surface area (Å²) in [4.78, 5) is 4.32. The van der Waals surface area contributed by atoms with Gasteiger partial charge in [-0.05, 0) is 31.0 Å². The number of aromatic hydroxyl groups is 1. The van der Waals surface area contributed by atoms with Gasteiger partial charge < -0.3 is 9.84 Å². The van der Waals surface area contributed by atoms with Gasteiger partial charge in [0, 0.05) is 0 Å². The minimum absolute atomic E-state index is 0.321. The number of ether oxygens (including phenoxy) is 1. The minimum Gasteiger partial charge on any atom is -0.508 e. The van der Waals surface area contributed by atoms with Crippen molar-refractivity contribution < 1.29 is 9.84 Å². The molecule has 2 aromatic rings. The van der Waals surface area contributed by atoms with E-state index in [1.54, 1.807) is 13.2 Å². The molecule has 1 heterocycles. The molecule has 0 amide bonds. The lowest BCUT2D eigenvalue weighted by Gasteiger charge is -2.02. The first-order valence-corrected chi connectivity index (χ1v) is 5.09. The summed E-state index contributed by atoms with van der Waals surface area (Å²) >= 11 is 1.44. The number of thiazole rings is 1. The maximum Gasteiger partial charge on any atom is 0.274 e. The first kappa shape index (κ1) is 9.27. The molecule has 1 aromatic carbocycles. The average Bonchev–Trinajstić information content (AvgIpc) is 2.57. The van der Waals surface area contributed by atoms with Crippen LogP contribution in [0, 0.1) is 13.8 Å². The summed E-state index contributed by atoms with van der Waals surface area (Å²) in [6, 6.07) is 1.73. The Morgan fingerprint density at radius 1 is 1.36 bits per heavy atom. The van der Waals surface area contributed by atoms with Crippen LogP contribution in [-0.4, -0.2) is 17.2 Å². The fourth-order valence-electron chi connectivity index (χ4n) is 1.37. The summed E-state index contributed by atoms with van der Waals surface area (Å²) in [7, 11) is 1.60. The highest BCUT2D eigenvalue weighted by Crippen LogP contribution is 2.35. The lowest BCUT2D eigenvalue weighted by molar-refractivity contribution is 0.413. The van der Waals surface area contributed by atoms with E-state index in [2.05, 4.69) is 4.98 Å². The highest BCUT2D eigenvalue weighted by molar-refractivity contribution is 7.20. The fraction of sp³-hybridized carbons (Fsp3) is 0.300. The van der Waals surface area contributed by atoms with E-state index >= 15 is 0 Å². The Bertz CT molecular complexity index is 490. The van der Waals surface area contributed by atoms with Crippen molar-refractivity contribution >= 4 is 21.6 Å². The standard InChI is InChI=1S/C10H11NO2S/c1-5-6(2)9-8(4-7(5)12)14-10(11-9)13-3/h4,12H,1-3H3. The topological polar surface area (TPSA) is 42.4 Å². The second kappa shape index (κ2) is 3.13. The SMILES string of the molecule is COc1nc2c(C)c(C)c(O)cc2s1. The number of fused-ring (bicyclic) bond motifs is 1. The summed E-state index contributed by atoms with van der Waals surface area (Å²) in [6.45, 7) is 3.84. The molecular weight excluding hydrogens is 198 g/mol. The van der Waals surface area contributed by atoms with Gasteiger partial charge in [-0.3, -0.25) is 0 Å². The van der Waals surface area contributed by atoms with Crippen molar-refractivity contribution in [2.75, 3.05) is 7.11 Å². The number of nitrogens with zero attached hydrogens (tertiary/aromatic N) is 1. The first-order chi connectivity index (χ1) is 6.63. The molecule has 1 aromatic heterocycles. The van der Waals surface area contributed by atoms with Gasteiger partial charge >= 0.3 is 0 Å². The summed E-state index contributed by atoms with van der Waals surface area (Å²) in [6.07, 6.45) is 0. The molecule has 0 spiro atoms. The number of hydrogen-bond donors (Lipinski definition) is 1. The fourth-order valence-corrected chi connectivity index (χ4v) is 2.24. The van der Waals surface area contributed by atoms with Crippen LogP contribution in [0.2, 0.25) is 0 Å². The van der Waals surface area contributed by atoms with Gasteiger partial charge in [0.2, 0.25) is 0 Å². The minimum atomic E-state index is 0.321. The van der Waals surface area contributed by atoms with Gasteiger partial charge in [-0.25, -0.2) is 4.98 Å². The molecule has 2 rings (SSSR count). The quantitative estimate of drug-likeness (QED) is 0.785. The summed E-state index contributed by atoms with van der Waals surface area (Å²) in [5.41, 5.74) is 2.81. The Kier molecular flexibility index (Phi) is 2.07. The first-order valence-electron chi connectivity index (χ1n) is 4.27. The summed E-state index contributed by atoms with van der Waals surface area (Å²) < 4.78 is 6.02. The molecule has 0 saturated carbocycles. The maximum atomic E-state index is 9.62. The molecule has 4 heteroatoms. The van der Waals surface area contributed by atoms with Crippen LogP contribution in [0.15, 0.2) is 6.07 Å². The van der Waals surface area contributed by atoms with Crippen LogP contribution in [0.25, 0.3) is 10.2 Å². The smallest absolute Gasteiger partial charge is 0.274 e. The zero-order valence-electron chi connectivity index (χ0n) is 8.29. The molecule has 0 radical (unpaired) electrons. The zero-order chi connectivity index (χ0) is 10.3. The van der Waals surface area contributed by atoms with E-state index in [1.165, 1.54) is 11.3 Å². The normalized spacial score (nSPS) is 10.8. The molecule has 0 bridgehead atoms. The summed E-state index contributed by atoms with van der Waals surface area (Å²) in [5.74, 6) is 0.321. The van der Waals surface area contributed by atoms with Crippen molar-refractivity contribution in [1.82, 2.24) is 4.98 Å². The lowest BCUT2D eigenvalue weighted by atomic mass is 10.1. The van der Waals surface area contributed by atoms with Crippen molar-refractivity contribution in [3.05, 3.63) is 17.2 Å². The van der Waals surface area contributed by atoms with Crippen molar-refractivity contribution in [2.24, 2.45) is 0 Å². The molecule has 14 heavy (non-hydrogen) atoms. The van der Waals surface area contributed by atoms with Crippen molar-refractivity contribution in [3.63, 3.8) is 0 Å². The Morgan fingerprint density at radius 3 is 2.71 bits per heavy atom.